The highest BCUT2D eigenvalue weighted by molar-refractivity contribution is 9.10. The molecule has 0 unspecified atom stereocenters. The number of benzene rings is 1. The largest absolute Gasteiger partial charge is 0.481 e. The van der Waals surface area contributed by atoms with Crippen LogP contribution in [0.5, 0.6) is 0 Å². The van der Waals surface area contributed by atoms with Crippen molar-refractivity contribution in [2.45, 2.75) is 31.2 Å². The average Bonchev–Trinajstić information content (AvgIpc) is 2.36. The smallest absolute Gasteiger partial charge is 0.319 e. The van der Waals surface area contributed by atoms with Gasteiger partial charge < -0.3 is 15.7 Å². The van der Waals surface area contributed by atoms with E-state index >= 15 is 0 Å². The lowest BCUT2D eigenvalue weighted by Crippen LogP contribution is -2.55. The van der Waals surface area contributed by atoms with Crippen LogP contribution in [-0.4, -0.2) is 22.6 Å². The fourth-order valence-electron chi connectivity index (χ4n) is 2.26. The molecule has 1 aliphatic rings. The van der Waals surface area contributed by atoms with Crippen LogP contribution < -0.4 is 10.6 Å². The zero-order valence-corrected chi connectivity index (χ0v) is 14.0. The first-order valence-electron chi connectivity index (χ1n) is 6.27. The van der Waals surface area contributed by atoms with Crippen LogP contribution in [0, 0.1) is 0 Å². The number of carbonyl (C=O) groups excluding carboxylic acids is 1. The van der Waals surface area contributed by atoms with Crippen LogP contribution in [0.15, 0.2) is 16.6 Å². The molecule has 1 fully saturated rings. The second-order valence-corrected chi connectivity index (χ2v) is 6.62. The minimum Gasteiger partial charge on any atom is -0.481 e. The maximum absolute atomic E-state index is 12.0. The lowest BCUT2D eigenvalue weighted by atomic mass is 9.74. The highest BCUT2D eigenvalue weighted by Gasteiger charge is 2.40. The summed E-state index contributed by atoms with van der Waals surface area (Å²) in [6, 6.07) is 2.79. The number of aliphatic carboxylic acids is 1. The summed E-state index contributed by atoms with van der Waals surface area (Å²) in [5.41, 5.74) is -0.297. The molecule has 2 amide bonds. The SMILES string of the molecule is O=C(O)CC1(NC(=O)Nc2ccc(Br)c(Cl)c2Cl)CCC1. The van der Waals surface area contributed by atoms with Crippen LogP contribution in [0.2, 0.25) is 10.0 Å². The molecule has 0 aliphatic heterocycles. The second kappa shape index (κ2) is 6.42. The van der Waals surface area contributed by atoms with Crippen LogP contribution in [0.1, 0.15) is 25.7 Å². The molecule has 8 heteroatoms. The van der Waals surface area contributed by atoms with Crippen LogP contribution in [0.3, 0.4) is 0 Å². The molecular formula is C13H13BrCl2N2O3. The van der Waals surface area contributed by atoms with Crippen molar-refractivity contribution in [3.8, 4) is 0 Å². The van der Waals surface area contributed by atoms with E-state index in [0.29, 0.717) is 28.0 Å². The van der Waals surface area contributed by atoms with Crippen molar-refractivity contribution in [3.05, 3.63) is 26.7 Å². The number of amides is 2. The van der Waals surface area contributed by atoms with E-state index < -0.39 is 17.5 Å². The molecule has 0 atom stereocenters. The lowest BCUT2D eigenvalue weighted by Gasteiger charge is -2.41. The van der Waals surface area contributed by atoms with Gasteiger partial charge >= 0.3 is 12.0 Å². The van der Waals surface area contributed by atoms with E-state index in [1.165, 1.54) is 0 Å². The van der Waals surface area contributed by atoms with Gasteiger partial charge in [-0.3, -0.25) is 4.79 Å². The van der Waals surface area contributed by atoms with E-state index in [-0.39, 0.29) is 11.4 Å². The first-order chi connectivity index (χ1) is 9.83. The number of halogens is 3. The number of carboxylic acid groups (broad SMARTS) is 1. The molecule has 1 aromatic rings. The molecule has 1 aromatic carbocycles. The standard InChI is InChI=1S/C13H13BrCl2N2O3/c14-7-2-3-8(11(16)10(7)15)17-12(21)18-13(4-1-5-13)6-9(19)20/h2-3H,1,4-6H2,(H,19,20)(H2,17,18,21). The predicted molar refractivity (Wildman–Crippen MR) is 85.2 cm³/mol. The third kappa shape index (κ3) is 3.81. The summed E-state index contributed by atoms with van der Waals surface area (Å²) in [6.45, 7) is 0. The molecule has 0 heterocycles. The second-order valence-electron chi connectivity index (χ2n) is 5.01. The maximum Gasteiger partial charge on any atom is 0.319 e. The van der Waals surface area contributed by atoms with Crippen molar-refractivity contribution >= 4 is 56.8 Å². The minimum atomic E-state index is -0.931. The van der Waals surface area contributed by atoms with Crippen molar-refractivity contribution in [2.24, 2.45) is 0 Å². The van der Waals surface area contributed by atoms with Gasteiger partial charge in [0, 0.05) is 4.47 Å². The molecule has 0 aromatic heterocycles. The van der Waals surface area contributed by atoms with E-state index in [2.05, 4.69) is 26.6 Å². The highest BCUT2D eigenvalue weighted by Crippen LogP contribution is 2.37. The van der Waals surface area contributed by atoms with Crippen molar-refractivity contribution in [3.63, 3.8) is 0 Å². The lowest BCUT2D eigenvalue weighted by molar-refractivity contribution is -0.139. The van der Waals surface area contributed by atoms with E-state index in [4.69, 9.17) is 28.3 Å². The Balaban J connectivity index is 2.05. The minimum absolute atomic E-state index is 0.0880. The maximum atomic E-state index is 12.0. The van der Waals surface area contributed by atoms with E-state index in [1.807, 2.05) is 0 Å². The molecule has 5 nitrogen and oxygen atoms in total. The van der Waals surface area contributed by atoms with Crippen LogP contribution >= 0.6 is 39.1 Å². The number of rotatable bonds is 4. The Morgan fingerprint density at radius 2 is 1.95 bits per heavy atom. The number of carbonyl (C=O) groups is 2. The molecule has 0 saturated heterocycles. The Hall–Kier alpha value is -0.980. The number of nitrogens with one attached hydrogen (secondary N) is 2. The summed E-state index contributed by atoms with van der Waals surface area (Å²) in [7, 11) is 0. The van der Waals surface area contributed by atoms with Gasteiger partial charge in [0.2, 0.25) is 0 Å². The van der Waals surface area contributed by atoms with Crippen LogP contribution in [0.25, 0.3) is 0 Å². The van der Waals surface area contributed by atoms with E-state index in [0.717, 1.165) is 6.42 Å². The summed E-state index contributed by atoms with van der Waals surface area (Å²) < 4.78 is 0.626. The summed E-state index contributed by atoms with van der Waals surface area (Å²) in [4.78, 5) is 22.9. The molecule has 21 heavy (non-hydrogen) atoms. The summed E-state index contributed by atoms with van der Waals surface area (Å²) in [5, 5.41) is 14.8. The Labute approximate surface area is 140 Å². The van der Waals surface area contributed by atoms with Gasteiger partial charge in [0.15, 0.2) is 0 Å². The Morgan fingerprint density at radius 3 is 2.48 bits per heavy atom. The molecule has 3 N–H and O–H groups in total. The van der Waals surface area contributed by atoms with Gasteiger partial charge in [0.05, 0.1) is 27.7 Å². The van der Waals surface area contributed by atoms with Gasteiger partial charge in [-0.2, -0.15) is 0 Å². The highest BCUT2D eigenvalue weighted by atomic mass is 79.9. The summed E-state index contributed by atoms with van der Waals surface area (Å²) in [6.07, 6.45) is 2.12. The molecule has 2 rings (SSSR count). The van der Waals surface area contributed by atoms with Crippen molar-refractivity contribution < 1.29 is 14.7 Å². The summed E-state index contributed by atoms with van der Waals surface area (Å²) >= 11 is 15.3. The molecule has 1 aliphatic carbocycles. The first-order valence-corrected chi connectivity index (χ1v) is 7.82. The zero-order valence-electron chi connectivity index (χ0n) is 10.9. The number of carboxylic acids is 1. The number of urea groups is 1. The van der Waals surface area contributed by atoms with Gasteiger partial charge in [0.25, 0.3) is 0 Å². The van der Waals surface area contributed by atoms with Crippen LogP contribution in [-0.2, 0) is 4.79 Å². The van der Waals surface area contributed by atoms with Crippen molar-refractivity contribution in [1.82, 2.24) is 5.32 Å². The number of hydrogen-bond donors (Lipinski definition) is 3. The van der Waals surface area contributed by atoms with Gasteiger partial charge in [-0.15, -0.1) is 0 Å². The third-order valence-electron chi connectivity index (χ3n) is 3.46. The molecule has 114 valence electrons. The Bertz CT molecular complexity index is 591. The molecule has 0 bridgehead atoms. The van der Waals surface area contributed by atoms with E-state index in [9.17, 15) is 9.59 Å². The van der Waals surface area contributed by atoms with Gasteiger partial charge in [0.1, 0.15) is 0 Å². The zero-order chi connectivity index (χ0) is 15.6. The van der Waals surface area contributed by atoms with Crippen LogP contribution in [0.4, 0.5) is 10.5 Å². The monoisotopic (exact) mass is 394 g/mol. The molecule has 0 spiro atoms. The quantitative estimate of drug-likeness (QED) is 0.666. The molecular weight excluding hydrogens is 383 g/mol. The average molecular weight is 396 g/mol. The molecule has 1 saturated carbocycles. The fourth-order valence-corrected chi connectivity index (χ4v) is 3.08. The summed E-state index contributed by atoms with van der Waals surface area (Å²) in [5.74, 6) is -0.931. The van der Waals surface area contributed by atoms with Crippen molar-refractivity contribution in [2.75, 3.05) is 5.32 Å². The fraction of sp³-hybridized carbons (Fsp3) is 0.385. The Morgan fingerprint density at radius 1 is 1.29 bits per heavy atom. The van der Waals surface area contributed by atoms with E-state index in [1.54, 1.807) is 12.1 Å². The number of hydrogen-bond acceptors (Lipinski definition) is 2. The first kappa shape index (κ1) is 16.4. The predicted octanol–water partition coefficient (Wildman–Crippen LogP) is 4.27. The number of anilines is 1. The third-order valence-corrected chi connectivity index (χ3v) is 5.23. The van der Waals surface area contributed by atoms with Gasteiger partial charge in [-0.25, -0.2) is 4.79 Å². The van der Waals surface area contributed by atoms with Gasteiger partial charge in [-0.1, -0.05) is 23.2 Å². The normalized spacial score (nSPS) is 16.0. The van der Waals surface area contributed by atoms with Crippen molar-refractivity contribution in [1.29, 1.82) is 0 Å². The Kier molecular flexibility index (Phi) is 5.01. The van der Waals surface area contributed by atoms with Gasteiger partial charge in [-0.05, 0) is 47.3 Å². The molecule has 0 radical (unpaired) electrons. The topological polar surface area (TPSA) is 78.4 Å².